The van der Waals surface area contributed by atoms with Crippen LogP contribution in [-0.4, -0.2) is 10.2 Å². The van der Waals surface area contributed by atoms with Gasteiger partial charge in [-0.2, -0.15) is 5.10 Å². The summed E-state index contributed by atoms with van der Waals surface area (Å²) < 4.78 is 13.6. The van der Waals surface area contributed by atoms with E-state index in [1.807, 2.05) is 0 Å². The fourth-order valence-corrected chi connectivity index (χ4v) is 1.69. The van der Waals surface area contributed by atoms with Crippen LogP contribution in [0.25, 0.3) is 11.1 Å². The zero-order valence-electron chi connectivity index (χ0n) is 6.59. The molecule has 0 aliphatic carbocycles. The van der Waals surface area contributed by atoms with Gasteiger partial charge in [0.25, 0.3) is 0 Å². The third kappa shape index (κ3) is 1.72. The largest absolute Gasteiger partial charge is 0.272 e. The maximum absolute atomic E-state index is 12.6. The molecule has 2 nitrogen and oxygen atoms in total. The van der Waals surface area contributed by atoms with Gasteiger partial charge in [-0.05, 0) is 40.3 Å². The lowest BCUT2D eigenvalue weighted by atomic mass is 10.1. The molecule has 0 fully saturated rings. The van der Waals surface area contributed by atoms with Crippen LogP contribution in [0.4, 0.5) is 4.39 Å². The number of halogens is 2. The molecule has 0 saturated carbocycles. The average molecular weight is 288 g/mol. The van der Waals surface area contributed by atoms with Crippen molar-refractivity contribution in [3.8, 4) is 11.1 Å². The Morgan fingerprint density at radius 1 is 1.23 bits per heavy atom. The number of nitrogens with zero attached hydrogens (tertiary/aromatic N) is 1. The second kappa shape index (κ2) is 3.45. The molecule has 0 unspecified atom stereocenters. The predicted octanol–water partition coefficient (Wildman–Crippen LogP) is 2.82. The molecule has 0 amide bonds. The van der Waals surface area contributed by atoms with Gasteiger partial charge >= 0.3 is 0 Å². The van der Waals surface area contributed by atoms with Gasteiger partial charge in [0, 0.05) is 5.56 Å². The number of rotatable bonds is 1. The van der Waals surface area contributed by atoms with Crippen LogP contribution in [0.15, 0.2) is 30.5 Å². The van der Waals surface area contributed by atoms with Crippen molar-refractivity contribution in [2.75, 3.05) is 0 Å². The molecule has 2 rings (SSSR count). The highest BCUT2D eigenvalue weighted by atomic mass is 127. The standard InChI is InChI=1S/C9H6FIN2/c10-7-3-1-6(2-4-7)8-5-12-13-9(8)11/h1-5H,(H,12,13). The van der Waals surface area contributed by atoms with Crippen LogP contribution in [-0.2, 0) is 0 Å². The Morgan fingerprint density at radius 3 is 2.46 bits per heavy atom. The van der Waals surface area contributed by atoms with Gasteiger partial charge < -0.3 is 0 Å². The molecule has 0 atom stereocenters. The zero-order chi connectivity index (χ0) is 9.26. The van der Waals surface area contributed by atoms with Gasteiger partial charge in [0.1, 0.15) is 9.52 Å². The summed E-state index contributed by atoms with van der Waals surface area (Å²) in [5.74, 6) is -0.220. The summed E-state index contributed by atoms with van der Waals surface area (Å²) >= 11 is 2.16. The topological polar surface area (TPSA) is 28.7 Å². The Morgan fingerprint density at radius 2 is 1.92 bits per heavy atom. The number of H-pyrrole nitrogens is 1. The Kier molecular flexibility index (Phi) is 2.30. The van der Waals surface area contributed by atoms with Gasteiger partial charge in [0.15, 0.2) is 0 Å². The summed E-state index contributed by atoms with van der Waals surface area (Å²) in [6, 6.07) is 6.36. The van der Waals surface area contributed by atoms with Crippen LogP contribution in [0.5, 0.6) is 0 Å². The lowest BCUT2D eigenvalue weighted by molar-refractivity contribution is 0.628. The van der Waals surface area contributed by atoms with Gasteiger partial charge in [0.2, 0.25) is 0 Å². The molecule has 0 aliphatic rings. The summed E-state index contributed by atoms with van der Waals surface area (Å²) in [5.41, 5.74) is 1.97. The Bertz CT molecular complexity index is 408. The molecular weight excluding hydrogens is 282 g/mol. The Hall–Kier alpha value is -0.910. The molecule has 0 aliphatic heterocycles. The number of benzene rings is 1. The SMILES string of the molecule is Fc1ccc(-c2cn[nH]c2I)cc1. The molecular formula is C9H6FIN2. The van der Waals surface area contributed by atoms with Gasteiger partial charge in [-0.15, -0.1) is 0 Å². The van der Waals surface area contributed by atoms with E-state index in [2.05, 4.69) is 32.8 Å². The normalized spacial score (nSPS) is 10.3. The van der Waals surface area contributed by atoms with E-state index in [9.17, 15) is 4.39 Å². The van der Waals surface area contributed by atoms with E-state index in [1.165, 1.54) is 12.1 Å². The minimum atomic E-state index is -0.220. The van der Waals surface area contributed by atoms with Crippen molar-refractivity contribution >= 4 is 22.6 Å². The van der Waals surface area contributed by atoms with Gasteiger partial charge in [0.05, 0.1) is 6.20 Å². The maximum atomic E-state index is 12.6. The highest BCUT2D eigenvalue weighted by Crippen LogP contribution is 2.22. The molecule has 1 aromatic heterocycles. The van der Waals surface area contributed by atoms with Crippen molar-refractivity contribution in [2.45, 2.75) is 0 Å². The molecule has 1 N–H and O–H groups in total. The summed E-state index contributed by atoms with van der Waals surface area (Å²) in [4.78, 5) is 0. The summed E-state index contributed by atoms with van der Waals surface area (Å²) in [6.45, 7) is 0. The van der Waals surface area contributed by atoms with Crippen molar-refractivity contribution in [3.63, 3.8) is 0 Å². The van der Waals surface area contributed by atoms with Gasteiger partial charge in [-0.3, -0.25) is 5.10 Å². The lowest BCUT2D eigenvalue weighted by Gasteiger charge is -1.96. The first-order valence-electron chi connectivity index (χ1n) is 3.72. The van der Waals surface area contributed by atoms with E-state index in [0.29, 0.717) is 0 Å². The number of aromatic amines is 1. The monoisotopic (exact) mass is 288 g/mol. The van der Waals surface area contributed by atoms with Gasteiger partial charge in [-0.25, -0.2) is 4.39 Å². The van der Waals surface area contributed by atoms with E-state index < -0.39 is 0 Å². The molecule has 2 aromatic rings. The smallest absolute Gasteiger partial charge is 0.123 e. The van der Waals surface area contributed by atoms with E-state index in [4.69, 9.17) is 0 Å². The number of hydrogen-bond acceptors (Lipinski definition) is 1. The van der Waals surface area contributed by atoms with E-state index in [-0.39, 0.29) is 5.82 Å². The number of nitrogens with one attached hydrogen (secondary N) is 1. The lowest BCUT2D eigenvalue weighted by Crippen LogP contribution is -1.79. The quantitative estimate of drug-likeness (QED) is 0.803. The van der Waals surface area contributed by atoms with Crippen molar-refractivity contribution in [1.29, 1.82) is 0 Å². The van der Waals surface area contributed by atoms with E-state index in [0.717, 1.165) is 14.8 Å². The van der Waals surface area contributed by atoms with E-state index >= 15 is 0 Å². The first-order chi connectivity index (χ1) is 6.27. The van der Waals surface area contributed by atoms with Gasteiger partial charge in [-0.1, -0.05) is 12.1 Å². The van der Waals surface area contributed by atoms with Crippen LogP contribution in [0.1, 0.15) is 0 Å². The molecule has 13 heavy (non-hydrogen) atoms. The summed E-state index contributed by atoms with van der Waals surface area (Å²) in [7, 11) is 0. The number of aromatic nitrogens is 2. The minimum Gasteiger partial charge on any atom is -0.272 e. The molecule has 1 aromatic carbocycles. The molecule has 0 bridgehead atoms. The zero-order valence-corrected chi connectivity index (χ0v) is 8.75. The van der Waals surface area contributed by atoms with Crippen LogP contribution in [0.2, 0.25) is 0 Å². The molecule has 4 heteroatoms. The highest BCUT2D eigenvalue weighted by molar-refractivity contribution is 14.1. The minimum absolute atomic E-state index is 0.220. The first-order valence-corrected chi connectivity index (χ1v) is 4.80. The van der Waals surface area contributed by atoms with E-state index in [1.54, 1.807) is 18.3 Å². The fourth-order valence-electron chi connectivity index (χ4n) is 1.10. The Labute approximate surface area is 88.3 Å². The van der Waals surface area contributed by atoms with Crippen molar-refractivity contribution in [1.82, 2.24) is 10.2 Å². The van der Waals surface area contributed by atoms with Crippen molar-refractivity contribution in [3.05, 3.63) is 40.0 Å². The maximum Gasteiger partial charge on any atom is 0.123 e. The predicted molar refractivity (Wildman–Crippen MR) is 56.7 cm³/mol. The molecule has 0 radical (unpaired) electrons. The highest BCUT2D eigenvalue weighted by Gasteiger charge is 2.03. The van der Waals surface area contributed by atoms with Crippen LogP contribution >= 0.6 is 22.6 Å². The average Bonchev–Trinajstić information content (AvgIpc) is 2.53. The summed E-state index contributed by atoms with van der Waals surface area (Å²) in [6.07, 6.45) is 1.73. The third-order valence-electron chi connectivity index (χ3n) is 1.75. The molecule has 1 heterocycles. The van der Waals surface area contributed by atoms with Crippen LogP contribution in [0.3, 0.4) is 0 Å². The van der Waals surface area contributed by atoms with Crippen LogP contribution < -0.4 is 0 Å². The fraction of sp³-hybridized carbons (Fsp3) is 0. The molecule has 0 spiro atoms. The second-order valence-corrected chi connectivity index (χ2v) is 3.68. The van der Waals surface area contributed by atoms with Crippen LogP contribution in [0, 0.1) is 9.52 Å². The third-order valence-corrected chi connectivity index (χ3v) is 2.57. The second-order valence-electron chi connectivity index (χ2n) is 2.60. The molecule has 0 saturated heterocycles. The summed E-state index contributed by atoms with van der Waals surface area (Å²) in [5, 5.41) is 6.72. The van der Waals surface area contributed by atoms with Crippen molar-refractivity contribution < 1.29 is 4.39 Å². The number of hydrogen-bond donors (Lipinski definition) is 1. The first kappa shape index (κ1) is 8.68. The molecule has 66 valence electrons. The van der Waals surface area contributed by atoms with Crippen molar-refractivity contribution in [2.24, 2.45) is 0 Å². The Balaban J connectivity index is 2.47.